The summed E-state index contributed by atoms with van der Waals surface area (Å²) in [6.45, 7) is 5.36. The first-order valence-electron chi connectivity index (χ1n) is 7.16. The molecule has 0 spiro atoms. The van der Waals surface area contributed by atoms with E-state index in [1.54, 1.807) is 19.1 Å². The molecule has 6 nitrogen and oxygen atoms in total. The van der Waals surface area contributed by atoms with Crippen LogP contribution in [0.5, 0.6) is 11.8 Å². The highest BCUT2D eigenvalue weighted by molar-refractivity contribution is 6.32. The van der Waals surface area contributed by atoms with Crippen molar-refractivity contribution in [3.05, 3.63) is 52.3 Å². The molecule has 1 aromatic carbocycles. The van der Waals surface area contributed by atoms with Gasteiger partial charge in [-0.2, -0.15) is 10.1 Å². The van der Waals surface area contributed by atoms with E-state index in [0.717, 1.165) is 11.3 Å². The Morgan fingerprint density at radius 1 is 1.21 bits per heavy atom. The van der Waals surface area contributed by atoms with Gasteiger partial charge in [-0.25, -0.2) is 14.1 Å². The number of anilines is 1. The van der Waals surface area contributed by atoms with Gasteiger partial charge in [0.15, 0.2) is 5.15 Å². The fraction of sp³-hybridized carbons (Fsp3) is 0.188. The molecular formula is C16H15ClFN5O. The zero-order valence-corrected chi connectivity index (χ0v) is 14.1. The minimum Gasteiger partial charge on any atom is -0.418 e. The van der Waals surface area contributed by atoms with Crippen molar-refractivity contribution in [2.24, 2.45) is 0 Å². The Balaban J connectivity index is 2.12. The molecule has 2 N–H and O–H groups in total. The van der Waals surface area contributed by atoms with Crippen LogP contribution < -0.4 is 10.5 Å². The second-order valence-corrected chi connectivity index (χ2v) is 5.65. The molecular weight excluding hydrogens is 333 g/mol. The first-order valence-corrected chi connectivity index (χ1v) is 7.54. The number of halogens is 2. The minimum absolute atomic E-state index is 0.115. The van der Waals surface area contributed by atoms with Crippen molar-refractivity contribution in [2.45, 2.75) is 20.8 Å². The van der Waals surface area contributed by atoms with Crippen molar-refractivity contribution in [1.82, 2.24) is 19.7 Å². The van der Waals surface area contributed by atoms with E-state index in [1.807, 2.05) is 13.8 Å². The minimum atomic E-state index is -0.371. The van der Waals surface area contributed by atoms with Gasteiger partial charge in [-0.1, -0.05) is 17.7 Å². The van der Waals surface area contributed by atoms with E-state index in [4.69, 9.17) is 22.1 Å². The van der Waals surface area contributed by atoms with Crippen molar-refractivity contribution < 1.29 is 9.13 Å². The summed E-state index contributed by atoms with van der Waals surface area (Å²) in [5.41, 5.74) is 8.08. The summed E-state index contributed by atoms with van der Waals surface area (Å²) in [5, 5.41) is 4.51. The molecule has 0 amide bonds. The summed E-state index contributed by atoms with van der Waals surface area (Å²) in [6.07, 6.45) is 0. The molecule has 3 rings (SSSR count). The number of rotatable bonds is 3. The third kappa shape index (κ3) is 2.90. The second-order valence-electron chi connectivity index (χ2n) is 5.29. The molecule has 3 aromatic rings. The number of nitrogens with zero attached hydrogens (tertiary/aromatic N) is 4. The second kappa shape index (κ2) is 6.09. The van der Waals surface area contributed by atoms with Gasteiger partial charge in [0, 0.05) is 5.56 Å². The van der Waals surface area contributed by atoms with E-state index in [9.17, 15) is 4.39 Å². The van der Waals surface area contributed by atoms with Gasteiger partial charge in [0.05, 0.1) is 11.4 Å². The molecule has 0 unspecified atom stereocenters. The topological polar surface area (TPSA) is 78.9 Å². The SMILES string of the molecule is Cc1nc(Cl)c(N)c(Oc2c(C)c(C)nn2-c2cccc(F)c2)n1. The molecule has 8 heteroatoms. The number of ether oxygens (including phenoxy) is 1. The molecule has 0 aliphatic rings. The van der Waals surface area contributed by atoms with Crippen LogP contribution in [-0.4, -0.2) is 19.7 Å². The molecule has 24 heavy (non-hydrogen) atoms. The lowest BCUT2D eigenvalue weighted by molar-refractivity contribution is 0.425. The first kappa shape index (κ1) is 16.2. The predicted molar refractivity (Wildman–Crippen MR) is 89.3 cm³/mol. The lowest BCUT2D eigenvalue weighted by Crippen LogP contribution is -2.05. The van der Waals surface area contributed by atoms with E-state index in [1.165, 1.54) is 16.8 Å². The molecule has 0 fully saturated rings. The molecule has 0 bridgehead atoms. The smallest absolute Gasteiger partial charge is 0.249 e. The Hall–Kier alpha value is -2.67. The van der Waals surface area contributed by atoms with Gasteiger partial charge < -0.3 is 10.5 Å². The van der Waals surface area contributed by atoms with Crippen molar-refractivity contribution in [3.63, 3.8) is 0 Å². The molecule has 0 aliphatic carbocycles. The number of hydrogen-bond donors (Lipinski definition) is 1. The highest BCUT2D eigenvalue weighted by Crippen LogP contribution is 2.33. The van der Waals surface area contributed by atoms with E-state index in [0.29, 0.717) is 17.4 Å². The van der Waals surface area contributed by atoms with Gasteiger partial charge in [-0.05, 0) is 39.0 Å². The molecule has 2 aromatic heterocycles. The highest BCUT2D eigenvalue weighted by atomic mass is 35.5. The summed E-state index contributed by atoms with van der Waals surface area (Å²) >= 11 is 5.98. The van der Waals surface area contributed by atoms with E-state index in [2.05, 4.69) is 15.1 Å². The van der Waals surface area contributed by atoms with Gasteiger partial charge in [0.2, 0.25) is 11.8 Å². The van der Waals surface area contributed by atoms with Crippen LogP contribution in [0.15, 0.2) is 24.3 Å². The predicted octanol–water partition coefficient (Wildman–Crippen LogP) is 3.75. The zero-order valence-electron chi connectivity index (χ0n) is 13.3. The Morgan fingerprint density at radius 2 is 1.96 bits per heavy atom. The van der Waals surface area contributed by atoms with Gasteiger partial charge >= 0.3 is 0 Å². The number of nitrogen functional groups attached to an aromatic ring is 1. The largest absolute Gasteiger partial charge is 0.418 e. The van der Waals surface area contributed by atoms with Gasteiger partial charge in [-0.15, -0.1) is 0 Å². The van der Waals surface area contributed by atoms with E-state index >= 15 is 0 Å². The van der Waals surface area contributed by atoms with Crippen molar-refractivity contribution in [2.75, 3.05) is 5.73 Å². The number of nitrogens with two attached hydrogens (primary N) is 1. The van der Waals surface area contributed by atoms with Gasteiger partial charge in [-0.3, -0.25) is 0 Å². The van der Waals surface area contributed by atoms with E-state index < -0.39 is 0 Å². The molecule has 0 atom stereocenters. The Bertz CT molecular complexity index is 925. The van der Waals surface area contributed by atoms with Gasteiger partial charge in [0.1, 0.15) is 17.3 Å². The lowest BCUT2D eigenvalue weighted by atomic mass is 10.3. The summed E-state index contributed by atoms with van der Waals surface area (Å²) in [7, 11) is 0. The molecule has 2 heterocycles. The quantitative estimate of drug-likeness (QED) is 0.730. The van der Waals surface area contributed by atoms with Crippen LogP contribution >= 0.6 is 11.6 Å². The first-order chi connectivity index (χ1) is 11.4. The average Bonchev–Trinajstić information content (AvgIpc) is 2.80. The van der Waals surface area contributed by atoms with Crippen LogP contribution in [0.25, 0.3) is 5.69 Å². The Morgan fingerprint density at radius 3 is 2.67 bits per heavy atom. The van der Waals surface area contributed by atoms with Crippen LogP contribution in [0.3, 0.4) is 0 Å². The monoisotopic (exact) mass is 347 g/mol. The summed E-state index contributed by atoms with van der Waals surface area (Å²) in [5.74, 6) is 0.576. The maximum atomic E-state index is 13.5. The fourth-order valence-electron chi connectivity index (χ4n) is 2.18. The average molecular weight is 348 g/mol. The maximum Gasteiger partial charge on any atom is 0.249 e. The molecule has 0 aliphatic heterocycles. The van der Waals surface area contributed by atoms with Gasteiger partial charge in [0.25, 0.3) is 0 Å². The van der Waals surface area contributed by atoms with Crippen molar-refractivity contribution >= 4 is 17.3 Å². The molecule has 124 valence electrons. The number of benzene rings is 1. The molecule has 0 saturated heterocycles. The highest BCUT2D eigenvalue weighted by Gasteiger charge is 2.19. The summed E-state index contributed by atoms with van der Waals surface area (Å²) < 4.78 is 20.9. The van der Waals surface area contributed by atoms with Crippen molar-refractivity contribution in [3.8, 4) is 17.4 Å². The standard InChI is InChI=1S/C16H15ClFN5O/c1-8-9(2)22-23(12-6-4-5-11(18)7-12)16(8)24-15-13(19)14(17)20-10(3)21-15/h4-7H,19H2,1-3H3. The summed E-state index contributed by atoms with van der Waals surface area (Å²) in [4.78, 5) is 8.15. The summed E-state index contributed by atoms with van der Waals surface area (Å²) in [6, 6.07) is 6.04. The fourth-order valence-corrected chi connectivity index (χ4v) is 2.38. The van der Waals surface area contributed by atoms with Crippen LogP contribution in [-0.2, 0) is 0 Å². The number of hydrogen-bond acceptors (Lipinski definition) is 5. The normalized spacial score (nSPS) is 10.9. The Labute approximate surface area is 143 Å². The van der Waals surface area contributed by atoms with Crippen LogP contribution in [0.1, 0.15) is 17.1 Å². The maximum absolute atomic E-state index is 13.5. The van der Waals surface area contributed by atoms with Crippen LogP contribution in [0.4, 0.5) is 10.1 Å². The van der Waals surface area contributed by atoms with E-state index in [-0.39, 0.29) is 22.5 Å². The zero-order chi connectivity index (χ0) is 17.4. The molecule has 0 radical (unpaired) electrons. The van der Waals surface area contributed by atoms with Crippen LogP contribution in [0.2, 0.25) is 5.15 Å². The number of aryl methyl sites for hydroxylation is 2. The third-order valence-electron chi connectivity index (χ3n) is 3.53. The lowest BCUT2D eigenvalue weighted by Gasteiger charge is -2.12. The van der Waals surface area contributed by atoms with Crippen molar-refractivity contribution in [1.29, 1.82) is 0 Å². The Kier molecular flexibility index (Phi) is 4.11. The number of aromatic nitrogens is 4. The van der Waals surface area contributed by atoms with Crippen LogP contribution in [0, 0.1) is 26.6 Å². The molecule has 0 saturated carbocycles. The third-order valence-corrected chi connectivity index (χ3v) is 3.82.